The smallest absolute Gasteiger partial charge is 0.237 e. The normalized spacial score (nSPS) is 13.8. The predicted octanol–water partition coefficient (Wildman–Crippen LogP) is 3.54. The average molecular weight is 415 g/mol. The lowest BCUT2D eigenvalue weighted by atomic mass is 10.1. The van der Waals surface area contributed by atoms with E-state index in [9.17, 15) is 4.79 Å². The standard InChI is InChI=1S/C19H22N6OS2/c1-12-20-15(10-27-12)13-5-6-16-14(9-13)7-8-24(16)17(26)11-28-18-21-22-23-25(18)19(2,3)4/h5-6,9-10H,7-8,11H2,1-4H3. The van der Waals surface area contributed by atoms with Gasteiger partial charge in [-0.3, -0.25) is 4.79 Å². The van der Waals surface area contributed by atoms with Crippen LogP contribution >= 0.6 is 23.1 Å². The molecule has 146 valence electrons. The fourth-order valence-electron chi connectivity index (χ4n) is 3.21. The highest BCUT2D eigenvalue weighted by Crippen LogP contribution is 2.33. The summed E-state index contributed by atoms with van der Waals surface area (Å²) < 4.78 is 1.75. The molecule has 1 aliphatic heterocycles. The number of fused-ring (bicyclic) bond motifs is 1. The molecule has 0 spiro atoms. The number of aromatic nitrogens is 5. The van der Waals surface area contributed by atoms with Crippen LogP contribution in [-0.2, 0) is 16.8 Å². The second-order valence-electron chi connectivity index (χ2n) is 7.72. The maximum Gasteiger partial charge on any atom is 0.237 e. The Morgan fingerprint density at radius 3 is 2.86 bits per heavy atom. The molecular weight excluding hydrogens is 392 g/mol. The second-order valence-corrected chi connectivity index (χ2v) is 9.73. The summed E-state index contributed by atoms with van der Waals surface area (Å²) in [5.74, 6) is 0.382. The zero-order valence-electron chi connectivity index (χ0n) is 16.3. The van der Waals surface area contributed by atoms with Crippen molar-refractivity contribution in [3.05, 3.63) is 34.2 Å². The highest BCUT2D eigenvalue weighted by Gasteiger charge is 2.26. The molecule has 1 aliphatic rings. The molecule has 0 saturated carbocycles. The number of rotatable bonds is 4. The van der Waals surface area contributed by atoms with Crippen LogP contribution in [-0.4, -0.2) is 43.4 Å². The van der Waals surface area contributed by atoms with Crippen LogP contribution in [0.15, 0.2) is 28.7 Å². The van der Waals surface area contributed by atoms with E-state index in [1.807, 2.05) is 44.7 Å². The summed E-state index contributed by atoms with van der Waals surface area (Å²) in [7, 11) is 0. The first-order valence-electron chi connectivity index (χ1n) is 9.10. The highest BCUT2D eigenvalue weighted by molar-refractivity contribution is 7.99. The van der Waals surface area contributed by atoms with Crippen LogP contribution in [0.3, 0.4) is 0 Å². The minimum Gasteiger partial charge on any atom is -0.311 e. The minimum absolute atomic E-state index is 0.0736. The van der Waals surface area contributed by atoms with Gasteiger partial charge in [-0.15, -0.1) is 16.4 Å². The van der Waals surface area contributed by atoms with E-state index in [-0.39, 0.29) is 11.4 Å². The van der Waals surface area contributed by atoms with E-state index in [1.54, 1.807) is 16.0 Å². The van der Waals surface area contributed by atoms with Crippen molar-refractivity contribution in [3.8, 4) is 11.3 Å². The van der Waals surface area contributed by atoms with Crippen LogP contribution in [0.4, 0.5) is 5.69 Å². The number of thiazole rings is 1. The lowest BCUT2D eigenvalue weighted by Gasteiger charge is -2.20. The van der Waals surface area contributed by atoms with Gasteiger partial charge in [-0.05, 0) is 62.2 Å². The molecule has 0 aliphatic carbocycles. The fourth-order valence-corrected chi connectivity index (χ4v) is 4.77. The van der Waals surface area contributed by atoms with Crippen LogP contribution in [0.5, 0.6) is 0 Å². The highest BCUT2D eigenvalue weighted by atomic mass is 32.2. The zero-order valence-corrected chi connectivity index (χ0v) is 18.0. The quantitative estimate of drug-likeness (QED) is 0.608. The van der Waals surface area contributed by atoms with Gasteiger partial charge < -0.3 is 4.90 Å². The summed E-state index contributed by atoms with van der Waals surface area (Å²) in [6.07, 6.45) is 0.864. The van der Waals surface area contributed by atoms with E-state index in [4.69, 9.17) is 0 Å². The van der Waals surface area contributed by atoms with E-state index in [1.165, 1.54) is 17.3 Å². The summed E-state index contributed by atoms with van der Waals surface area (Å²) in [6, 6.07) is 6.24. The van der Waals surface area contributed by atoms with Crippen LogP contribution < -0.4 is 4.90 Å². The van der Waals surface area contributed by atoms with Crippen molar-refractivity contribution in [1.82, 2.24) is 25.2 Å². The lowest BCUT2D eigenvalue weighted by Crippen LogP contribution is -2.31. The fraction of sp³-hybridized carbons (Fsp3) is 0.421. The summed E-state index contributed by atoms with van der Waals surface area (Å²) in [6.45, 7) is 8.82. The van der Waals surface area contributed by atoms with Gasteiger partial charge in [0.25, 0.3) is 0 Å². The molecule has 0 fully saturated rings. The molecule has 1 amide bonds. The Labute approximate surface area is 172 Å². The van der Waals surface area contributed by atoms with Gasteiger partial charge in [0.05, 0.1) is 22.0 Å². The lowest BCUT2D eigenvalue weighted by molar-refractivity contribution is -0.116. The average Bonchev–Trinajstić information content (AvgIpc) is 3.37. The van der Waals surface area contributed by atoms with Gasteiger partial charge in [-0.1, -0.05) is 17.8 Å². The summed E-state index contributed by atoms with van der Waals surface area (Å²) in [5, 5.41) is 15.7. The van der Waals surface area contributed by atoms with E-state index in [0.717, 1.165) is 28.4 Å². The minimum atomic E-state index is -0.223. The third kappa shape index (κ3) is 3.68. The Bertz CT molecular complexity index is 1020. The maximum atomic E-state index is 12.8. The molecule has 0 N–H and O–H groups in total. The Hall–Kier alpha value is -2.26. The number of anilines is 1. The molecule has 9 heteroatoms. The zero-order chi connectivity index (χ0) is 19.9. The Morgan fingerprint density at radius 2 is 2.14 bits per heavy atom. The number of carbonyl (C=O) groups excluding carboxylic acids is 1. The molecule has 4 rings (SSSR count). The van der Waals surface area contributed by atoms with Crippen molar-refractivity contribution in [2.75, 3.05) is 17.2 Å². The van der Waals surface area contributed by atoms with Crippen molar-refractivity contribution in [1.29, 1.82) is 0 Å². The topological polar surface area (TPSA) is 76.8 Å². The van der Waals surface area contributed by atoms with Gasteiger partial charge >= 0.3 is 0 Å². The molecule has 0 radical (unpaired) electrons. The van der Waals surface area contributed by atoms with Crippen LogP contribution in [0.25, 0.3) is 11.3 Å². The van der Waals surface area contributed by atoms with Gasteiger partial charge in [0.15, 0.2) is 0 Å². The van der Waals surface area contributed by atoms with Crippen molar-refractivity contribution >= 4 is 34.7 Å². The first-order valence-corrected chi connectivity index (χ1v) is 11.0. The van der Waals surface area contributed by atoms with E-state index < -0.39 is 0 Å². The maximum absolute atomic E-state index is 12.8. The van der Waals surface area contributed by atoms with Gasteiger partial charge in [-0.25, -0.2) is 9.67 Å². The summed E-state index contributed by atoms with van der Waals surface area (Å²) in [4.78, 5) is 19.3. The molecule has 3 heterocycles. The predicted molar refractivity (Wildman–Crippen MR) is 112 cm³/mol. The van der Waals surface area contributed by atoms with Gasteiger partial charge in [-0.2, -0.15) is 0 Å². The van der Waals surface area contributed by atoms with Crippen molar-refractivity contribution < 1.29 is 4.79 Å². The first-order chi connectivity index (χ1) is 13.3. The van der Waals surface area contributed by atoms with Crippen LogP contribution in [0.1, 0.15) is 31.3 Å². The number of hydrogen-bond acceptors (Lipinski definition) is 7. The number of thioether (sulfide) groups is 1. The Balaban J connectivity index is 1.47. The van der Waals surface area contributed by atoms with Gasteiger partial charge in [0.2, 0.25) is 11.1 Å². The van der Waals surface area contributed by atoms with Gasteiger partial charge in [0, 0.05) is 23.2 Å². The van der Waals surface area contributed by atoms with Crippen LogP contribution in [0, 0.1) is 6.92 Å². The number of hydrogen-bond donors (Lipinski definition) is 0. The molecule has 0 atom stereocenters. The number of tetrazole rings is 1. The molecule has 0 saturated heterocycles. The number of aryl methyl sites for hydroxylation is 1. The van der Waals surface area contributed by atoms with E-state index in [2.05, 4.69) is 32.0 Å². The number of benzene rings is 1. The monoisotopic (exact) mass is 414 g/mol. The summed E-state index contributed by atoms with van der Waals surface area (Å²) in [5.41, 5.74) is 4.08. The molecule has 28 heavy (non-hydrogen) atoms. The number of carbonyl (C=O) groups is 1. The van der Waals surface area contributed by atoms with Crippen molar-refractivity contribution in [3.63, 3.8) is 0 Å². The molecule has 2 aromatic heterocycles. The number of amides is 1. The van der Waals surface area contributed by atoms with Crippen LogP contribution in [0.2, 0.25) is 0 Å². The van der Waals surface area contributed by atoms with Crippen molar-refractivity contribution in [2.24, 2.45) is 0 Å². The molecule has 1 aromatic carbocycles. The molecule has 0 bridgehead atoms. The Morgan fingerprint density at radius 1 is 1.32 bits per heavy atom. The second kappa shape index (κ2) is 7.29. The third-order valence-corrected chi connectivity index (χ3v) is 6.27. The summed E-state index contributed by atoms with van der Waals surface area (Å²) >= 11 is 3.03. The third-order valence-electron chi connectivity index (χ3n) is 4.59. The number of nitrogens with zero attached hydrogens (tertiary/aromatic N) is 6. The molecule has 7 nitrogen and oxygen atoms in total. The molecular formula is C19H22N6OS2. The van der Waals surface area contributed by atoms with Crippen molar-refractivity contribution in [2.45, 2.75) is 44.8 Å². The first kappa shape index (κ1) is 19.1. The molecule has 3 aromatic rings. The van der Waals surface area contributed by atoms with Gasteiger partial charge in [0.1, 0.15) is 0 Å². The largest absolute Gasteiger partial charge is 0.311 e. The van der Waals surface area contributed by atoms with E-state index in [0.29, 0.717) is 17.5 Å². The molecule has 0 unspecified atom stereocenters. The van der Waals surface area contributed by atoms with E-state index >= 15 is 0 Å². The SMILES string of the molecule is Cc1nc(-c2ccc3c(c2)CCN3C(=O)CSc2nnnn2C(C)(C)C)cs1. The Kier molecular flexibility index (Phi) is 4.96.